The molecule has 1 atom stereocenters. The van der Waals surface area contributed by atoms with E-state index in [-0.39, 0.29) is 19.1 Å². The maximum absolute atomic E-state index is 11.9. The average Bonchev–Trinajstić information content (AvgIpc) is 3.12. The number of aliphatic hydroxyl groups excluding tert-OH is 1. The summed E-state index contributed by atoms with van der Waals surface area (Å²) in [6.45, 7) is 0.690. The van der Waals surface area contributed by atoms with Crippen molar-refractivity contribution in [3.8, 4) is 17.2 Å². The number of amides is 1. The Morgan fingerprint density at radius 3 is 2.76 bits per heavy atom. The van der Waals surface area contributed by atoms with Gasteiger partial charge >= 0.3 is 0 Å². The molecule has 1 aliphatic rings. The zero-order chi connectivity index (χ0) is 17.6. The normalized spacial score (nSPS) is 13.5. The van der Waals surface area contributed by atoms with Crippen LogP contribution in [0.1, 0.15) is 17.2 Å². The summed E-state index contributed by atoms with van der Waals surface area (Å²) < 4.78 is 15.9. The predicted molar refractivity (Wildman–Crippen MR) is 92.1 cm³/mol. The van der Waals surface area contributed by atoms with Gasteiger partial charge in [0.25, 0.3) is 5.91 Å². The summed E-state index contributed by atoms with van der Waals surface area (Å²) in [5.74, 6) is 1.88. The summed E-state index contributed by atoms with van der Waals surface area (Å²) in [5.41, 5.74) is 1.85. The third kappa shape index (κ3) is 4.42. The second kappa shape index (κ2) is 7.90. The minimum Gasteiger partial charge on any atom is -0.497 e. The number of benzene rings is 2. The van der Waals surface area contributed by atoms with Crippen molar-refractivity contribution in [1.82, 2.24) is 5.32 Å². The first-order chi connectivity index (χ1) is 12.2. The van der Waals surface area contributed by atoms with Crippen molar-refractivity contribution in [3.05, 3.63) is 53.6 Å². The Morgan fingerprint density at radius 1 is 1.24 bits per heavy atom. The molecular formula is C19H21NO5. The molecule has 6 nitrogen and oxygen atoms in total. The number of hydrogen-bond acceptors (Lipinski definition) is 5. The molecule has 0 fully saturated rings. The maximum Gasteiger partial charge on any atom is 0.258 e. The van der Waals surface area contributed by atoms with E-state index in [9.17, 15) is 9.90 Å². The molecule has 0 aliphatic carbocycles. The zero-order valence-corrected chi connectivity index (χ0v) is 14.0. The molecular weight excluding hydrogens is 322 g/mol. The minimum atomic E-state index is -0.768. The monoisotopic (exact) mass is 343 g/mol. The molecule has 0 saturated carbocycles. The standard InChI is InChI=1S/C19H21NO5/c1-23-15-3-5-16(6-4-15)25-12-19(22)20-11-17(21)13-2-7-18-14(10-13)8-9-24-18/h2-7,10,17,21H,8-9,11-12H2,1H3,(H,20,22). The van der Waals surface area contributed by atoms with Crippen LogP contribution in [-0.4, -0.2) is 37.9 Å². The predicted octanol–water partition coefficient (Wildman–Crippen LogP) is 1.86. The minimum absolute atomic E-state index is 0.114. The van der Waals surface area contributed by atoms with E-state index in [2.05, 4.69) is 5.32 Å². The highest BCUT2D eigenvalue weighted by Gasteiger charge is 2.16. The van der Waals surface area contributed by atoms with Gasteiger partial charge in [0.2, 0.25) is 0 Å². The number of nitrogens with one attached hydrogen (secondary N) is 1. The van der Waals surface area contributed by atoms with Gasteiger partial charge in [0.05, 0.1) is 19.8 Å². The highest BCUT2D eigenvalue weighted by molar-refractivity contribution is 5.77. The van der Waals surface area contributed by atoms with Crippen LogP contribution in [0, 0.1) is 0 Å². The van der Waals surface area contributed by atoms with Gasteiger partial charge in [0, 0.05) is 13.0 Å². The first-order valence-corrected chi connectivity index (χ1v) is 8.13. The molecule has 0 aromatic heterocycles. The van der Waals surface area contributed by atoms with Gasteiger partial charge in [-0.05, 0) is 47.5 Å². The van der Waals surface area contributed by atoms with Gasteiger partial charge in [-0.25, -0.2) is 0 Å². The van der Waals surface area contributed by atoms with Gasteiger partial charge in [-0.15, -0.1) is 0 Å². The number of methoxy groups -OCH3 is 1. The van der Waals surface area contributed by atoms with Crippen LogP contribution in [0.25, 0.3) is 0 Å². The quantitative estimate of drug-likeness (QED) is 0.802. The lowest BCUT2D eigenvalue weighted by molar-refractivity contribution is -0.123. The Kier molecular flexibility index (Phi) is 5.40. The fourth-order valence-corrected chi connectivity index (χ4v) is 2.61. The number of fused-ring (bicyclic) bond motifs is 1. The van der Waals surface area contributed by atoms with E-state index >= 15 is 0 Å². The molecule has 0 saturated heterocycles. The van der Waals surface area contributed by atoms with Crippen molar-refractivity contribution >= 4 is 5.91 Å². The lowest BCUT2D eigenvalue weighted by Crippen LogP contribution is -2.32. The Labute approximate surface area is 146 Å². The van der Waals surface area contributed by atoms with Crippen LogP contribution in [0.5, 0.6) is 17.2 Å². The average molecular weight is 343 g/mol. The highest BCUT2D eigenvalue weighted by Crippen LogP contribution is 2.28. The van der Waals surface area contributed by atoms with Crippen LogP contribution < -0.4 is 19.5 Å². The summed E-state index contributed by atoms with van der Waals surface area (Å²) in [6.07, 6.45) is 0.0774. The molecule has 0 spiro atoms. The number of carbonyl (C=O) groups is 1. The first-order valence-electron chi connectivity index (χ1n) is 8.13. The SMILES string of the molecule is COc1ccc(OCC(=O)NCC(O)c2ccc3c(c2)CCO3)cc1. The number of ether oxygens (including phenoxy) is 3. The summed E-state index contributed by atoms with van der Waals surface area (Å²) in [5, 5.41) is 12.9. The molecule has 1 aliphatic heterocycles. The lowest BCUT2D eigenvalue weighted by Gasteiger charge is -2.13. The topological polar surface area (TPSA) is 77.0 Å². The van der Waals surface area contributed by atoms with Crippen molar-refractivity contribution in [2.24, 2.45) is 0 Å². The largest absolute Gasteiger partial charge is 0.497 e. The second-order valence-corrected chi connectivity index (χ2v) is 5.75. The Bertz CT molecular complexity index is 729. The number of hydrogen-bond donors (Lipinski definition) is 2. The zero-order valence-electron chi connectivity index (χ0n) is 14.0. The van der Waals surface area contributed by atoms with E-state index in [4.69, 9.17) is 14.2 Å². The number of carbonyl (C=O) groups excluding carboxylic acids is 1. The van der Waals surface area contributed by atoms with E-state index in [1.165, 1.54) is 0 Å². The molecule has 2 N–H and O–H groups in total. The van der Waals surface area contributed by atoms with Gasteiger partial charge in [-0.1, -0.05) is 6.07 Å². The highest BCUT2D eigenvalue weighted by atomic mass is 16.5. The maximum atomic E-state index is 11.9. The van der Waals surface area contributed by atoms with Crippen LogP contribution >= 0.6 is 0 Å². The van der Waals surface area contributed by atoms with Crippen molar-refractivity contribution in [2.45, 2.75) is 12.5 Å². The van der Waals surface area contributed by atoms with Crippen molar-refractivity contribution in [1.29, 1.82) is 0 Å². The van der Waals surface area contributed by atoms with Gasteiger partial charge in [-0.3, -0.25) is 4.79 Å². The summed E-state index contributed by atoms with van der Waals surface area (Å²) in [4.78, 5) is 11.9. The third-order valence-electron chi connectivity index (χ3n) is 4.02. The van der Waals surface area contributed by atoms with Gasteiger partial charge in [-0.2, -0.15) is 0 Å². The fraction of sp³-hybridized carbons (Fsp3) is 0.316. The molecule has 25 heavy (non-hydrogen) atoms. The second-order valence-electron chi connectivity index (χ2n) is 5.75. The fourth-order valence-electron chi connectivity index (χ4n) is 2.61. The molecule has 1 heterocycles. The molecule has 132 valence electrons. The third-order valence-corrected chi connectivity index (χ3v) is 4.02. The molecule has 2 aromatic carbocycles. The van der Waals surface area contributed by atoms with Crippen LogP contribution in [0.15, 0.2) is 42.5 Å². The Morgan fingerprint density at radius 2 is 2.00 bits per heavy atom. The smallest absolute Gasteiger partial charge is 0.258 e. The van der Waals surface area contributed by atoms with E-state index in [0.717, 1.165) is 29.0 Å². The lowest BCUT2D eigenvalue weighted by atomic mass is 10.0. The Balaban J connectivity index is 1.45. The van der Waals surface area contributed by atoms with Crippen LogP contribution in [-0.2, 0) is 11.2 Å². The Hall–Kier alpha value is -2.73. The molecule has 3 rings (SSSR count). The van der Waals surface area contributed by atoms with Crippen LogP contribution in [0.2, 0.25) is 0 Å². The van der Waals surface area contributed by atoms with Crippen molar-refractivity contribution < 1.29 is 24.1 Å². The molecule has 6 heteroatoms. The molecule has 2 aromatic rings. The van der Waals surface area contributed by atoms with E-state index < -0.39 is 6.10 Å². The van der Waals surface area contributed by atoms with Crippen molar-refractivity contribution in [3.63, 3.8) is 0 Å². The number of rotatable bonds is 7. The van der Waals surface area contributed by atoms with Gasteiger partial charge in [0.15, 0.2) is 6.61 Å². The van der Waals surface area contributed by atoms with Crippen molar-refractivity contribution in [2.75, 3.05) is 26.9 Å². The first kappa shape index (κ1) is 17.1. The van der Waals surface area contributed by atoms with E-state index in [1.807, 2.05) is 18.2 Å². The van der Waals surface area contributed by atoms with E-state index in [1.54, 1.807) is 31.4 Å². The van der Waals surface area contributed by atoms with Crippen LogP contribution in [0.3, 0.4) is 0 Å². The van der Waals surface area contributed by atoms with Crippen LogP contribution in [0.4, 0.5) is 0 Å². The summed E-state index contributed by atoms with van der Waals surface area (Å²) >= 11 is 0. The molecule has 1 unspecified atom stereocenters. The summed E-state index contributed by atoms with van der Waals surface area (Å²) in [7, 11) is 1.59. The molecule has 0 bridgehead atoms. The molecule has 0 radical (unpaired) electrons. The van der Waals surface area contributed by atoms with E-state index in [0.29, 0.717) is 12.4 Å². The number of aliphatic hydroxyl groups is 1. The summed E-state index contributed by atoms with van der Waals surface area (Å²) in [6, 6.07) is 12.6. The molecule has 1 amide bonds. The van der Waals surface area contributed by atoms with Gasteiger partial charge < -0.3 is 24.6 Å². The van der Waals surface area contributed by atoms with Gasteiger partial charge in [0.1, 0.15) is 17.2 Å².